The van der Waals surface area contributed by atoms with Crippen molar-refractivity contribution in [2.75, 3.05) is 33.0 Å². The van der Waals surface area contributed by atoms with Crippen LogP contribution in [0, 0.1) is 50.2 Å². The fraction of sp³-hybridized carbons (Fsp3) is 0.981. The molecule has 0 radical (unpaired) electrons. The smallest absolute Gasteiger partial charge is 0.187 e. The Labute approximate surface area is 431 Å². The van der Waals surface area contributed by atoms with E-state index < -0.39 is 166 Å². The highest BCUT2D eigenvalue weighted by atomic mass is 16.8. The summed E-state index contributed by atoms with van der Waals surface area (Å²) in [5.74, 6) is 0.456. The first-order valence-electron chi connectivity index (χ1n) is 27.1. The van der Waals surface area contributed by atoms with Gasteiger partial charge in [0.05, 0.1) is 50.8 Å². The van der Waals surface area contributed by atoms with Crippen LogP contribution in [0.3, 0.4) is 0 Å². The van der Waals surface area contributed by atoms with Gasteiger partial charge in [-0.2, -0.15) is 0 Å². The van der Waals surface area contributed by atoms with E-state index in [1.807, 2.05) is 0 Å². The average Bonchev–Trinajstić information content (AvgIpc) is 3.65. The van der Waals surface area contributed by atoms with E-state index in [4.69, 9.17) is 42.6 Å². The van der Waals surface area contributed by atoms with Crippen molar-refractivity contribution in [2.24, 2.45) is 50.2 Å². The van der Waals surface area contributed by atoms with Gasteiger partial charge < -0.3 is 109 Å². The normalized spacial score (nSPS) is 58.1. The Bertz CT molecular complexity index is 2020. The molecule has 5 saturated carbocycles. The minimum absolute atomic E-state index is 0.0727. The van der Waals surface area contributed by atoms with Gasteiger partial charge in [0.15, 0.2) is 25.2 Å². The highest BCUT2D eigenvalue weighted by Gasteiger charge is 2.80. The van der Waals surface area contributed by atoms with Crippen molar-refractivity contribution in [1.82, 2.24) is 0 Å². The second-order valence-corrected chi connectivity index (χ2v) is 25.8. The van der Waals surface area contributed by atoms with Crippen molar-refractivity contribution in [3.8, 4) is 0 Å². The van der Waals surface area contributed by atoms with Crippen LogP contribution in [0.15, 0.2) is 0 Å². The van der Waals surface area contributed by atoms with Crippen LogP contribution in [0.5, 0.6) is 0 Å². The van der Waals surface area contributed by atoms with Gasteiger partial charge in [-0.3, -0.25) is 0 Å². The summed E-state index contributed by atoms with van der Waals surface area (Å²) in [6.07, 6.45) is -22.1. The number of fused-ring (bicyclic) bond motifs is 4. The number of carbonyl (C=O) groups excluding carboxylic acids is 1. The maximum atomic E-state index is 12.6. The minimum atomic E-state index is -1.89. The third-order valence-corrected chi connectivity index (χ3v) is 22.0. The minimum Gasteiger partial charge on any atom is -0.394 e. The SMILES string of the molecule is CC1(C)[C@@H](O[C@@H]2OC[C@H](O[C@@H]3O[C@H](CO)[C@@H](O)[C@H](O)[C@H]3O[C@@H]3OC[C@@H](O)[C@H](O)[C@H]3O)[C@H](O)[C@H]2O[C@@H]2O[C@H](CO)[C@@H](O)[C@H](O)[C@H]2O)CC[C@]2(C)[C@H]3CC[C@]45OC[C@@]6(CC[C@](C)(C=O)C[C@H]64)[C@H](O)C[C@@]5(C)[C@]3(C)CC[C@@H]12. The summed E-state index contributed by atoms with van der Waals surface area (Å²) in [7, 11) is 0. The zero-order valence-electron chi connectivity index (χ0n) is 43.4. The quantitative estimate of drug-likeness (QED) is 0.0795. The molecule has 0 unspecified atom stereocenters. The van der Waals surface area contributed by atoms with Gasteiger partial charge in [0.2, 0.25) is 0 Å². The molecule has 5 aliphatic heterocycles. The van der Waals surface area contributed by atoms with Gasteiger partial charge in [-0.05, 0) is 98.2 Å². The van der Waals surface area contributed by atoms with E-state index in [9.17, 15) is 66.1 Å². The van der Waals surface area contributed by atoms with Crippen LogP contribution >= 0.6 is 0 Å². The molecule has 424 valence electrons. The first-order valence-corrected chi connectivity index (χ1v) is 27.1. The molecule has 1 spiro atoms. The van der Waals surface area contributed by atoms with E-state index in [1.54, 1.807) is 0 Å². The number of carbonyl (C=O) groups is 1. The monoisotopic (exact) mass is 1060 g/mol. The Morgan fingerprint density at radius 3 is 1.86 bits per heavy atom. The van der Waals surface area contributed by atoms with Gasteiger partial charge in [0, 0.05) is 16.2 Å². The molecule has 5 aliphatic carbocycles. The number of aliphatic hydroxyl groups is 12. The van der Waals surface area contributed by atoms with E-state index in [0.717, 1.165) is 51.2 Å². The molecule has 2 bridgehead atoms. The second-order valence-electron chi connectivity index (χ2n) is 25.8. The van der Waals surface area contributed by atoms with Crippen LogP contribution in [0.4, 0.5) is 0 Å². The van der Waals surface area contributed by atoms with E-state index in [2.05, 4.69) is 41.5 Å². The van der Waals surface area contributed by atoms with E-state index in [-0.39, 0.29) is 39.4 Å². The third kappa shape index (κ3) is 8.31. The number of rotatable bonds is 11. The van der Waals surface area contributed by atoms with Crippen LogP contribution < -0.4 is 0 Å². The van der Waals surface area contributed by atoms with Crippen molar-refractivity contribution in [2.45, 2.75) is 234 Å². The molecule has 10 fully saturated rings. The Hall–Kier alpha value is -1.17. The molecule has 22 heteroatoms. The summed E-state index contributed by atoms with van der Waals surface area (Å²) in [4.78, 5) is 12.6. The topological polar surface area (TPSA) is 343 Å². The van der Waals surface area contributed by atoms with Crippen molar-refractivity contribution in [1.29, 1.82) is 0 Å². The second kappa shape index (κ2) is 19.8. The molecule has 74 heavy (non-hydrogen) atoms. The maximum Gasteiger partial charge on any atom is 0.187 e. The molecule has 22 nitrogen and oxygen atoms in total. The molecule has 0 aromatic heterocycles. The van der Waals surface area contributed by atoms with E-state index in [1.165, 1.54) is 0 Å². The molecular formula is C52H84O22. The molecule has 0 amide bonds. The Balaban J connectivity index is 0.901. The average molecular weight is 1060 g/mol. The van der Waals surface area contributed by atoms with Crippen molar-refractivity contribution in [3.63, 3.8) is 0 Å². The number of hydrogen-bond acceptors (Lipinski definition) is 22. The molecular weight excluding hydrogens is 977 g/mol. The van der Waals surface area contributed by atoms with Crippen LogP contribution in [0.1, 0.15) is 106 Å². The first-order chi connectivity index (χ1) is 34.8. The third-order valence-electron chi connectivity index (χ3n) is 22.0. The number of aliphatic hydroxyl groups excluding tert-OH is 12. The Kier molecular flexibility index (Phi) is 15.0. The molecule has 0 aromatic carbocycles. The fourth-order valence-corrected chi connectivity index (χ4v) is 17.4. The predicted octanol–water partition coefficient (Wildman–Crippen LogP) is -1.89. The Morgan fingerprint density at radius 1 is 0.554 bits per heavy atom. The van der Waals surface area contributed by atoms with Crippen LogP contribution in [0.2, 0.25) is 0 Å². The van der Waals surface area contributed by atoms with E-state index >= 15 is 0 Å². The molecule has 0 aromatic rings. The van der Waals surface area contributed by atoms with Gasteiger partial charge in [-0.25, -0.2) is 0 Å². The van der Waals surface area contributed by atoms with Crippen LogP contribution in [-0.4, -0.2) is 229 Å². The number of hydrogen-bond donors (Lipinski definition) is 12. The summed E-state index contributed by atoms with van der Waals surface area (Å²) >= 11 is 0. The maximum absolute atomic E-state index is 12.6. The van der Waals surface area contributed by atoms with Gasteiger partial charge in [0.1, 0.15) is 91.7 Å². The van der Waals surface area contributed by atoms with E-state index in [0.29, 0.717) is 25.9 Å². The zero-order chi connectivity index (χ0) is 53.5. The first kappa shape index (κ1) is 56.1. The number of aldehydes is 1. The zero-order valence-corrected chi connectivity index (χ0v) is 43.4. The summed E-state index contributed by atoms with van der Waals surface area (Å²) in [5, 5.41) is 130. The largest absolute Gasteiger partial charge is 0.394 e. The van der Waals surface area contributed by atoms with Gasteiger partial charge in [-0.1, -0.05) is 41.5 Å². The summed E-state index contributed by atoms with van der Waals surface area (Å²) in [6.45, 7) is 11.7. The predicted molar refractivity (Wildman–Crippen MR) is 251 cm³/mol. The highest BCUT2D eigenvalue weighted by molar-refractivity contribution is 5.59. The molecule has 5 heterocycles. The molecule has 10 aliphatic rings. The van der Waals surface area contributed by atoms with Crippen LogP contribution in [0.25, 0.3) is 0 Å². The van der Waals surface area contributed by atoms with Gasteiger partial charge in [0.25, 0.3) is 0 Å². The lowest BCUT2D eigenvalue weighted by atomic mass is 9.30. The lowest BCUT2D eigenvalue weighted by molar-refractivity contribution is -0.392. The fourth-order valence-electron chi connectivity index (χ4n) is 17.4. The van der Waals surface area contributed by atoms with Gasteiger partial charge in [-0.15, -0.1) is 0 Å². The molecule has 5 saturated heterocycles. The summed E-state index contributed by atoms with van der Waals surface area (Å²) < 4.78 is 55.9. The molecule has 12 N–H and O–H groups in total. The lowest BCUT2D eigenvalue weighted by Crippen LogP contribution is -2.74. The molecule has 29 atom stereocenters. The van der Waals surface area contributed by atoms with Crippen molar-refractivity contribution < 1.29 is 109 Å². The summed E-state index contributed by atoms with van der Waals surface area (Å²) in [5.41, 5.74) is -2.57. The standard InChI is InChI=1S/C52H84O22/c1-46(2)27-7-11-49(5)28(8-12-52-29-15-47(3,21-55)13-14-51(29,22-68-52)30(57)16-50(49,52)6)48(27,4)10-9-31(46)72-44-40(74-43-39(65)36(62)33(59)24(17-53)69-43)35(61)26(20-67-44)71-45-41(37(63)34(60)25(18-54)70-45)73-42-38(64)32(58)23(56)19-66-42/h21,23-45,53-54,56-65H,7-20,22H2,1-6H3/t23-,24-,25-,26+,27+,28-,29-,30-,31+,32+,33-,34-,35+,36+,37+,38-,39-,40-,41-,42+,43+,44+,45+,47+,48+,49-,50+,51-,52+/m1/s1. The van der Waals surface area contributed by atoms with Crippen molar-refractivity contribution in [3.05, 3.63) is 0 Å². The van der Waals surface area contributed by atoms with Crippen LogP contribution in [-0.2, 0) is 47.4 Å². The summed E-state index contributed by atoms with van der Waals surface area (Å²) in [6, 6.07) is 0. The lowest BCUT2D eigenvalue weighted by Gasteiger charge is -2.75. The van der Waals surface area contributed by atoms with Gasteiger partial charge >= 0.3 is 0 Å². The van der Waals surface area contributed by atoms with Crippen molar-refractivity contribution >= 4 is 6.29 Å². The highest BCUT2D eigenvalue weighted by Crippen LogP contribution is 2.80. The molecule has 10 rings (SSSR count). The number of ether oxygens (including phenoxy) is 9. The Morgan fingerprint density at radius 2 is 1.18 bits per heavy atom.